The van der Waals surface area contributed by atoms with E-state index < -0.39 is 0 Å². The molecule has 0 radical (unpaired) electrons. The van der Waals surface area contributed by atoms with Crippen LogP contribution in [0.5, 0.6) is 0 Å². The first-order valence-corrected chi connectivity index (χ1v) is 7.79. The van der Waals surface area contributed by atoms with Gasteiger partial charge in [0, 0.05) is 23.5 Å². The summed E-state index contributed by atoms with van der Waals surface area (Å²) in [5, 5.41) is 0.933. The molecule has 1 nitrogen and oxygen atoms in total. The number of fused-ring (bicyclic) bond motifs is 3. The summed E-state index contributed by atoms with van der Waals surface area (Å²) in [6.45, 7) is 2.32. The van der Waals surface area contributed by atoms with Gasteiger partial charge in [0.05, 0.1) is 0 Å². The molecule has 2 aliphatic rings. The van der Waals surface area contributed by atoms with Crippen LogP contribution in [-0.4, -0.2) is 18.0 Å². The van der Waals surface area contributed by atoms with Gasteiger partial charge >= 0.3 is 0 Å². The molecule has 2 aromatic rings. The maximum atomic E-state index is 6.56. The third-order valence-electron chi connectivity index (χ3n) is 4.78. The molecule has 21 heavy (non-hydrogen) atoms. The topological polar surface area (TPSA) is 3.24 Å². The second-order valence-electron chi connectivity index (χ2n) is 5.86. The van der Waals surface area contributed by atoms with Crippen LogP contribution in [0.15, 0.2) is 48.5 Å². The first kappa shape index (κ1) is 15.1. The fraction of sp³-hybridized carbons (Fsp3) is 0.333. The average Bonchev–Trinajstić information content (AvgIpc) is 2.96. The van der Waals surface area contributed by atoms with Crippen LogP contribution in [0.3, 0.4) is 0 Å². The summed E-state index contributed by atoms with van der Waals surface area (Å²) in [7, 11) is 0. The quantitative estimate of drug-likeness (QED) is 0.672. The largest absolute Gasteiger partial charge is 0.295 e. The van der Waals surface area contributed by atoms with Crippen LogP contribution in [0.25, 0.3) is 0 Å². The van der Waals surface area contributed by atoms with Gasteiger partial charge in [-0.05, 0) is 42.1 Å². The van der Waals surface area contributed by atoms with Crippen LogP contribution in [0.1, 0.15) is 41.5 Å². The van der Waals surface area contributed by atoms with E-state index in [-0.39, 0.29) is 17.0 Å². The third-order valence-corrected chi connectivity index (χ3v) is 5.11. The Morgan fingerprint density at radius 1 is 1.00 bits per heavy atom. The molecule has 0 aliphatic carbocycles. The number of hydrogen-bond acceptors (Lipinski definition) is 1. The summed E-state index contributed by atoms with van der Waals surface area (Å²) in [5.74, 6) is 0.411. The molecular formula is C18H19BrClN. The van der Waals surface area contributed by atoms with E-state index in [0.717, 1.165) is 11.6 Å². The van der Waals surface area contributed by atoms with Gasteiger partial charge in [0.2, 0.25) is 0 Å². The summed E-state index contributed by atoms with van der Waals surface area (Å²) >= 11 is 6.56. The maximum absolute atomic E-state index is 6.56. The zero-order chi connectivity index (χ0) is 13.5. The maximum Gasteiger partial charge on any atom is 0.0448 e. The predicted molar refractivity (Wildman–Crippen MR) is 93.6 cm³/mol. The lowest BCUT2D eigenvalue weighted by Crippen LogP contribution is -2.34. The molecule has 0 unspecified atom stereocenters. The van der Waals surface area contributed by atoms with Crippen molar-refractivity contribution in [3.8, 4) is 0 Å². The van der Waals surface area contributed by atoms with Crippen LogP contribution in [0.4, 0.5) is 0 Å². The van der Waals surface area contributed by atoms with E-state index in [0.29, 0.717) is 12.0 Å². The van der Waals surface area contributed by atoms with Gasteiger partial charge in [0.25, 0.3) is 0 Å². The van der Waals surface area contributed by atoms with Crippen LogP contribution in [0.2, 0.25) is 5.02 Å². The second kappa shape index (κ2) is 6.12. The zero-order valence-corrected chi connectivity index (χ0v) is 14.3. The fourth-order valence-electron chi connectivity index (χ4n) is 3.89. The van der Waals surface area contributed by atoms with Crippen molar-refractivity contribution in [2.24, 2.45) is 0 Å². The Morgan fingerprint density at radius 2 is 1.81 bits per heavy atom. The Balaban J connectivity index is 0.00000132. The minimum absolute atomic E-state index is 0. The minimum atomic E-state index is 0. The Bertz CT molecular complexity index is 628. The molecule has 0 saturated carbocycles. The molecule has 3 heteroatoms. The van der Waals surface area contributed by atoms with E-state index in [4.69, 9.17) is 11.6 Å². The summed E-state index contributed by atoms with van der Waals surface area (Å²) in [6.07, 6.45) is 2.58. The van der Waals surface area contributed by atoms with Crippen molar-refractivity contribution in [3.63, 3.8) is 0 Å². The van der Waals surface area contributed by atoms with Crippen molar-refractivity contribution in [2.45, 2.75) is 24.8 Å². The van der Waals surface area contributed by atoms with Crippen molar-refractivity contribution >= 4 is 28.6 Å². The predicted octanol–water partition coefficient (Wildman–Crippen LogP) is 5.20. The van der Waals surface area contributed by atoms with Gasteiger partial charge in [0.1, 0.15) is 0 Å². The van der Waals surface area contributed by atoms with Crippen molar-refractivity contribution in [1.29, 1.82) is 0 Å². The third kappa shape index (κ3) is 2.54. The lowest BCUT2D eigenvalue weighted by atomic mass is 9.81. The zero-order valence-electron chi connectivity index (χ0n) is 11.8. The highest BCUT2D eigenvalue weighted by Gasteiger charge is 2.37. The van der Waals surface area contributed by atoms with Crippen molar-refractivity contribution < 1.29 is 0 Å². The van der Waals surface area contributed by atoms with Gasteiger partial charge in [-0.15, -0.1) is 17.0 Å². The van der Waals surface area contributed by atoms with Gasteiger partial charge < -0.3 is 0 Å². The van der Waals surface area contributed by atoms with Gasteiger partial charge in [-0.3, -0.25) is 4.90 Å². The molecule has 2 aliphatic heterocycles. The Morgan fingerprint density at radius 3 is 2.62 bits per heavy atom. The van der Waals surface area contributed by atoms with Gasteiger partial charge in [-0.2, -0.15) is 0 Å². The SMILES string of the molecule is Br.Clc1cccc2c1[C@H](c1ccccc1)CN1CCC[C@@H]21. The number of benzene rings is 2. The molecular weight excluding hydrogens is 346 g/mol. The summed E-state index contributed by atoms with van der Waals surface area (Å²) in [4.78, 5) is 2.64. The average molecular weight is 365 g/mol. The molecule has 0 bridgehead atoms. The van der Waals surface area contributed by atoms with E-state index in [1.165, 1.54) is 36.1 Å². The van der Waals surface area contributed by atoms with Gasteiger partial charge in [-0.1, -0.05) is 54.1 Å². The standard InChI is InChI=1S/C18H18ClN.BrH/c19-16-9-4-8-14-17-10-5-11-20(17)12-15(18(14)16)13-6-2-1-3-7-13;/h1-4,6-9,15,17H,5,10-12H2;1H/t15-,17-;/m0./s1. The Labute approximate surface area is 141 Å². The van der Waals surface area contributed by atoms with Crippen LogP contribution < -0.4 is 0 Å². The monoisotopic (exact) mass is 363 g/mol. The number of nitrogens with zero attached hydrogens (tertiary/aromatic N) is 1. The molecule has 2 heterocycles. The molecule has 1 saturated heterocycles. The van der Waals surface area contributed by atoms with Crippen molar-refractivity contribution in [2.75, 3.05) is 13.1 Å². The lowest BCUT2D eigenvalue weighted by Gasteiger charge is -2.38. The van der Waals surface area contributed by atoms with Crippen LogP contribution >= 0.6 is 28.6 Å². The molecule has 0 amide bonds. The van der Waals surface area contributed by atoms with Crippen LogP contribution in [-0.2, 0) is 0 Å². The van der Waals surface area contributed by atoms with Gasteiger partial charge in [-0.25, -0.2) is 0 Å². The Kier molecular flexibility index (Phi) is 4.39. The van der Waals surface area contributed by atoms with E-state index >= 15 is 0 Å². The molecule has 2 atom stereocenters. The van der Waals surface area contributed by atoms with Gasteiger partial charge in [0.15, 0.2) is 0 Å². The highest BCUT2D eigenvalue weighted by Crippen LogP contribution is 2.46. The van der Waals surface area contributed by atoms with Crippen LogP contribution in [0, 0.1) is 0 Å². The van der Waals surface area contributed by atoms with E-state index in [1.54, 1.807) is 0 Å². The second-order valence-corrected chi connectivity index (χ2v) is 6.27. The highest BCUT2D eigenvalue weighted by atomic mass is 79.9. The fourth-order valence-corrected chi connectivity index (χ4v) is 4.21. The first-order chi connectivity index (χ1) is 9.84. The molecule has 0 N–H and O–H groups in total. The lowest BCUT2D eigenvalue weighted by molar-refractivity contribution is 0.230. The number of halogens is 2. The smallest absolute Gasteiger partial charge is 0.0448 e. The normalized spacial score (nSPS) is 24.0. The summed E-state index contributed by atoms with van der Waals surface area (Å²) in [5.41, 5.74) is 4.20. The molecule has 4 rings (SSSR count). The molecule has 1 fully saturated rings. The first-order valence-electron chi connectivity index (χ1n) is 7.42. The number of hydrogen-bond donors (Lipinski definition) is 0. The highest BCUT2D eigenvalue weighted by molar-refractivity contribution is 8.93. The van der Waals surface area contributed by atoms with E-state index in [9.17, 15) is 0 Å². The molecule has 2 aromatic carbocycles. The summed E-state index contributed by atoms with van der Waals surface area (Å²) < 4.78 is 0. The van der Waals surface area contributed by atoms with E-state index in [2.05, 4.69) is 47.4 Å². The molecule has 110 valence electrons. The summed E-state index contributed by atoms with van der Waals surface area (Å²) in [6, 6.07) is 17.8. The minimum Gasteiger partial charge on any atom is -0.295 e. The molecule has 0 aromatic heterocycles. The number of rotatable bonds is 1. The molecule has 0 spiro atoms. The Hall–Kier alpha value is -0.830. The van der Waals surface area contributed by atoms with Crippen molar-refractivity contribution in [3.05, 3.63) is 70.2 Å². The van der Waals surface area contributed by atoms with E-state index in [1.807, 2.05) is 6.07 Å². The van der Waals surface area contributed by atoms with Crippen molar-refractivity contribution in [1.82, 2.24) is 4.90 Å².